The maximum atomic E-state index is 12.9. The van der Waals surface area contributed by atoms with E-state index in [-0.39, 0.29) is 6.92 Å². The molecule has 72 valence electrons. The van der Waals surface area contributed by atoms with Crippen molar-refractivity contribution < 1.29 is 26.7 Å². The van der Waals surface area contributed by atoms with Gasteiger partial charge in [-0.1, -0.05) is 0 Å². The Hall–Kier alpha value is -0.390. The van der Waals surface area contributed by atoms with Crippen LogP contribution in [0.5, 0.6) is 0 Å². The zero-order valence-electron chi connectivity index (χ0n) is 6.21. The van der Waals surface area contributed by atoms with Gasteiger partial charge in [0.25, 0.3) is 0 Å². The third-order valence-corrected chi connectivity index (χ3v) is 1.85. The first-order chi connectivity index (χ1) is 5.27. The second kappa shape index (κ2) is 2.31. The second-order valence-electron chi connectivity index (χ2n) is 2.87. The predicted octanol–water partition coefficient (Wildman–Crippen LogP) is 2.02. The highest BCUT2D eigenvalue weighted by atomic mass is 19.3. The van der Waals surface area contributed by atoms with E-state index in [9.17, 15) is 22.0 Å². The van der Waals surface area contributed by atoms with Crippen molar-refractivity contribution in [3.05, 3.63) is 0 Å². The summed E-state index contributed by atoms with van der Waals surface area (Å²) in [6.45, 7) is -2.63. The van der Waals surface area contributed by atoms with E-state index in [0.717, 1.165) is 0 Å². The summed E-state index contributed by atoms with van der Waals surface area (Å²) in [5, 5.41) is 0. The van der Waals surface area contributed by atoms with Gasteiger partial charge in [-0.25, -0.2) is 22.0 Å². The summed E-state index contributed by atoms with van der Waals surface area (Å²) in [4.78, 5) is 0. The Morgan fingerprint density at radius 3 is 2.00 bits per heavy atom. The fourth-order valence-electron chi connectivity index (χ4n) is 1.00. The molecule has 0 aromatic rings. The summed E-state index contributed by atoms with van der Waals surface area (Å²) in [5.74, 6) is -7.85. The molecule has 2 unspecified atom stereocenters. The zero-order chi connectivity index (χ0) is 9.62. The van der Waals surface area contributed by atoms with Crippen LogP contribution in [0.1, 0.15) is 6.92 Å². The van der Waals surface area contributed by atoms with Gasteiger partial charge in [0.1, 0.15) is 6.67 Å². The molecule has 0 aromatic carbocycles. The molecule has 0 aromatic heterocycles. The lowest BCUT2D eigenvalue weighted by Gasteiger charge is -2.48. The van der Waals surface area contributed by atoms with E-state index in [2.05, 4.69) is 4.74 Å². The first-order valence-corrected chi connectivity index (χ1v) is 3.22. The maximum absolute atomic E-state index is 12.9. The van der Waals surface area contributed by atoms with Crippen LogP contribution in [0.4, 0.5) is 22.0 Å². The highest BCUT2D eigenvalue weighted by molar-refractivity contribution is 5.08. The van der Waals surface area contributed by atoms with E-state index in [1.807, 2.05) is 0 Å². The van der Waals surface area contributed by atoms with Gasteiger partial charge in [-0.15, -0.1) is 0 Å². The molecular formula is C6H7F5O. The molecule has 12 heavy (non-hydrogen) atoms. The maximum Gasteiger partial charge on any atom is 0.312 e. The minimum Gasteiger partial charge on any atom is -0.335 e. The number of hydrogen-bond donors (Lipinski definition) is 0. The lowest BCUT2D eigenvalue weighted by atomic mass is 9.88. The van der Waals surface area contributed by atoms with Crippen molar-refractivity contribution in [3.63, 3.8) is 0 Å². The van der Waals surface area contributed by atoms with Gasteiger partial charge in [-0.05, 0) is 0 Å². The van der Waals surface area contributed by atoms with Crippen LogP contribution in [-0.2, 0) is 4.74 Å². The van der Waals surface area contributed by atoms with Crippen molar-refractivity contribution in [1.82, 2.24) is 0 Å². The molecule has 1 aliphatic rings. The molecule has 6 heteroatoms. The van der Waals surface area contributed by atoms with Crippen LogP contribution in [0, 0.1) is 0 Å². The lowest BCUT2D eigenvalue weighted by molar-refractivity contribution is -0.408. The predicted molar refractivity (Wildman–Crippen MR) is 30.2 cm³/mol. The zero-order valence-corrected chi connectivity index (χ0v) is 6.21. The molecule has 0 amide bonds. The molecule has 0 N–H and O–H groups in total. The summed E-state index contributed by atoms with van der Waals surface area (Å²) >= 11 is 0. The van der Waals surface area contributed by atoms with Gasteiger partial charge in [0, 0.05) is 6.92 Å². The van der Waals surface area contributed by atoms with Gasteiger partial charge >= 0.3 is 11.8 Å². The van der Waals surface area contributed by atoms with Gasteiger partial charge in [-0.2, -0.15) is 0 Å². The Morgan fingerprint density at radius 2 is 1.92 bits per heavy atom. The summed E-state index contributed by atoms with van der Waals surface area (Å²) < 4.78 is 65.9. The van der Waals surface area contributed by atoms with Gasteiger partial charge in [0.15, 0.2) is 0 Å². The van der Waals surface area contributed by atoms with Crippen LogP contribution < -0.4 is 0 Å². The molecule has 2 atom stereocenters. The van der Waals surface area contributed by atoms with Crippen LogP contribution in [-0.4, -0.2) is 30.7 Å². The topological polar surface area (TPSA) is 9.23 Å². The minimum absolute atomic E-state index is 0.149. The molecule has 1 aliphatic heterocycles. The Bertz CT molecular complexity index is 187. The smallest absolute Gasteiger partial charge is 0.312 e. The molecular weight excluding hydrogens is 183 g/mol. The molecule has 0 radical (unpaired) electrons. The first-order valence-electron chi connectivity index (χ1n) is 3.22. The summed E-state index contributed by atoms with van der Waals surface area (Å²) in [5.41, 5.74) is -3.20. The Morgan fingerprint density at radius 1 is 1.42 bits per heavy atom. The first kappa shape index (κ1) is 9.70. The number of halogens is 5. The monoisotopic (exact) mass is 190 g/mol. The summed E-state index contributed by atoms with van der Waals surface area (Å²) in [7, 11) is 0. The normalized spacial score (nSPS) is 42.5. The van der Waals surface area contributed by atoms with Gasteiger partial charge in [0.05, 0.1) is 6.61 Å². The molecule has 1 nitrogen and oxygen atoms in total. The summed E-state index contributed by atoms with van der Waals surface area (Å²) in [6.07, 6.45) is 0. The molecule has 1 rings (SSSR count). The average Bonchev–Trinajstić information content (AvgIpc) is 1.97. The van der Waals surface area contributed by atoms with Crippen LogP contribution in [0.25, 0.3) is 0 Å². The van der Waals surface area contributed by atoms with Gasteiger partial charge < -0.3 is 4.74 Å². The van der Waals surface area contributed by atoms with E-state index in [4.69, 9.17) is 0 Å². The van der Waals surface area contributed by atoms with E-state index in [1.165, 1.54) is 0 Å². The molecule has 0 saturated carbocycles. The fraction of sp³-hybridized carbons (Fsp3) is 1.00. The lowest BCUT2D eigenvalue weighted by Crippen LogP contribution is -2.71. The molecule has 1 heterocycles. The van der Waals surface area contributed by atoms with E-state index in [1.54, 1.807) is 0 Å². The largest absolute Gasteiger partial charge is 0.335 e. The van der Waals surface area contributed by atoms with Crippen molar-refractivity contribution in [2.24, 2.45) is 0 Å². The van der Waals surface area contributed by atoms with E-state index >= 15 is 0 Å². The van der Waals surface area contributed by atoms with Crippen LogP contribution in [0.2, 0.25) is 0 Å². The number of alkyl halides is 5. The van der Waals surface area contributed by atoms with Crippen molar-refractivity contribution in [1.29, 1.82) is 0 Å². The van der Waals surface area contributed by atoms with Crippen LogP contribution >= 0.6 is 0 Å². The third kappa shape index (κ3) is 0.935. The SMILES string of the molecule is CC(F)(F)C1(F)OCC1(F)CF. The minimum atomic E-state index is -4.04. The van der Waals surface area contributed by atoms with Gasteiger partial charge in [-0.3, -0.25) is 0 Å². The Balaban J connectivity index is 2.88. The Kier molecular flexibility index (Phi) is 1.86. The van der Waals surface area contributed by atoms with Crippen molar-refractivity contribution in [2.75, 3.05) is 13.3 Å². The van der Waals surface area contributed by atoms with Crippen LogP contribution in [0.15, 0.2) is 0 Å². The quantitative estimate of drug-likeness (QED) is 0.605. The van der Waals surface area contributed by atoms with Gasteiger partial charge in [0.2, 0.25) is 5.67 Å². The van der Waals surface area contributed by atoms with Crippen molar-refractivity contribution >= 4 is 0 Å². The van der Waals surface area contributed by atoms with Crippen LogP contribution in [0.3, 0.4) is 0 Å². The Labute approximate surface area is 65.5 Å². The fourth-order valence-corrected chi connectivity index (χ4v) is 1.00. The molecule has 0 aliphatic carbocycles. The van der Waals surface area contributed by atoms with Crippen molar-refractivity contribution in [3.8, 4) is 0 Å². The molecule has 0 bridgehead atoms. The number of rotatable bonds is 2. The second-order valence-corrected chi connectivity index (χ2v) is 2.87. The average molecular weight is 190 g/mol. The molecule has 1 saturated heterocycles. The molecule has 0 spiro atoms. The highest BCUT2D eigenvalue weighted by Gasteiger charge is 2.74. The number of ether oxygens (including phenoxy) is 1. The standard InChI is InChI=1S/C6H7F5O/c1-4(8,9)6(11)5(10,2-7)3-12-6/h2-3H2,1H3. The van der Waals surface area contributed by atoms with E-state index in [0.29, 0.717) is 0 Å². The highest BCUT2D eigenvalue weighted by Crippen LogP contribution is 2.51. The third-order valence-electron chi connectivity index (χ3n) is 1.85. The van der Waals surface area contributed by atoms with Crippen molar-refractivity contribution in [2.45, 2.75) is 24.4 Å². The summed E-state index contributed by atoms with van der Waals surface area (Å²) in [6, 6.07) is 0. The number of hydrogen-bond acceptors (Lipinski definition) is 1. The molecule has 1 fully saturated rings. The van der Waals surface area contributed by atoms with E-state index < -0.39 is 30.7 Å².